The van der Waals surface area contributed by atoms with E-state index in [0.29, 0.717) is 24.5 Å². The molecule has 1 aromatic carbocycles. The third kappa shape index (κ3) is 4.05. The summed E-state index contributed by atoms with van der Waals surface area (Å²) in [6.45, 7) is 3.76. The van der Waals surface area contributed by atoms with Crippen molar-refractivity contribution in [3.63, 3.8) is 0 Å². The topological polar surface area (TPSA) is 52.3 Å². The Morgan fingerprint density at radius 3 is 2.50 bits per heavy atom. The van der Waals surface area contributed by atoms with Gasteiger partial charge in [-0.05, 0) is 56.7 Å². The highest BCUT2D eigenvalue weighted by atomic mass is 16.5. The van der Waals surface area contributed by atoms with Crippen LogP contribution in [0.2, 0.25) is 0 Å². The molecule has 4 heteroatoms. The van der Waals surface area contributed by atoms with Gasteiger partial charge in [0.25, 0.3) is 0 Å². The van der Waals surface area contributed by atoms with Crippen LogP contribution in [0, 0.1) is 13.8 Å². The lowest BCUT2D eigenvalue weighted by Gasteiger charge is -2.22. The molecule has 3 rings (SSSR count). The van der Waals surface area contributed by atoms with Crippen LogP contribution in [-0.4, -0.2) is 11.1 Å². The third-order valence-electron chi connectivity index (χ3n) is 4.95. The van der Waals surface area contributed by atoms with E-state index in [1.54, 1.807) is 0 Å². The fourth-order valence-corrected chi connectivity index (χ4v) is 3.51. The lowest BCUT2D eigenvalue weighted by Crippen LogP contribution is -2.10. The number of nitrogens with zero attached hydrogens (tertiary/aromatic N) is 1. The maximum atomic E-state index is 12.0. The van der Waals surface area contributed by atoms with Gasteiger partial charge in [0.05, 0.1) is 12.1 Å². The number of carbonyl (C=O) groups is 1. The Labute approximate surface area is 143 Å². The van der Waals surface area contributed by atoms with E-state index >= 15 is 0 Å². The standard InChI is InChI=1S/C20H25NO3/c1-14-19(15(2)24-21-14)12-13-20(22)23-18-10-8-17(9-11-18)16-6-4-3-5-7-16/h8-11,16H,3-7,12-13H2,1-2H3. The highest BCUT2D eigenvalue weighted by molar-refractivity contribution is 5.72. The number of ether oxygens (including phenoxy) is 1. The molecule has 1 heterocycles. The molecule has 0 amide bonds. The predicted molar refractivity (Wildman–Crippen MR) is 92.2 cm³/mol. The van der Waals surface area contributed by atoms with Crippen LogP contribution in [0.1, 0.15) is 67.0 Å². The largest absolute Gasteiger partial charge is 0.427 e. The summed E-state index contributed by atoms with van der Waals surface area (Å²) >= 11 is 0. The lowest BCUT2D eigenvalue weighted by molar-refractivity contribution is -0.134. The average molecular weight is 327 g/mol. The number of carbonyl (C=O) groups excluding carboxylic acids is 1. The quantitative estimate of drug-likeness (QED) is 0.580. The molecule has 4 nitrogen and oxygen atoms in total. The van der Waals surface area contributed by atoms with Crippen molar-refractivity contribution >= 4 is 5.97 Å². The van der Waals surface area contributed by atoms with Crippen LogP contribution in [0.4, 0.5) is 0 Å². The van der Waals surface area contributed by atoms with E-state index < -0.39 is 0 Å². The number of aromatic nitrogens is 1. The van der Waals surface area contributed by atoms with Gasteiger partial charge in [-0.3, -0.25) is 4.79 Å². The molecule has 1 aliphatic carbocycles. The predicted octanol–water partition coefficient (Wildman–Crippen LogP) is 4.88. The summed E-state index contributed by atoms with van der Waals surface area (Å²) in [4.78, 5) is 12.0. The molecule has 0 unspecified atom stereocenters. The summed E-state index contributed by atoms with van der Waals surface area (Å²) in [6, 6.07) is 8.04. The second-order valence-corrected chi connectivity index (χ2v) is 6.68. The molecule has 0 bridgehead atoms. The van der Waals surface area contributed by atoms with Gasteiger partial charge in [-0.1, -0.05) is 36.6 Å². The Bertz CT molecular complexity index is 662. The first-order valence-corrected chi connectivity index (χ1v) is 8.86. The number of aryl methyl sites for hydroxylation is 2. The molecule has 0 saturated heterocycles. The van der Waals surface area contributed by atoms with Crippen molar-refractivity contribution in [3.8, 4) is 5.75 Å². The Hall–Kier alpha value is -2.10. The molecule has 24 heavy (non-hydrogen) atoms. The zero-order chi connectivity index (χ0) is 16.9. The van der Waals surface area contributed by atoms with Gasteiger partial charge in [-0.15, -0.1) is 0 Å². The first-order valence-electron chi connectivity index (χ1n) is 8.86. The van der Waals surface area contributed by atoms with Gasteiger partial charge < -0.3 is 9.26 Å². The van der Waals surface area contributed by atoms with E-state index in [1.165, 1.54) is 37.7 Å². The third-order valence-corrected chi connectivity index (χ3v) is 4.95. The van der Waals surface area contributed by atoms with E-state index in [4.69, 9.17) is 9.26 Å². The molecule has 2 aromatic rings. The Morgan fingerprint density at radius 1 is 1.17 bits per heavy atom. The molecule has 0 atom stereocenters. The Balaban J connectivity index is 1.52. The molecule has 1 aliphatic rings. The van der Waals surface area contributed by atoms with E-state index in [0.717, 1.165) is 17.0 Å². The van der Waals surface area contributed by atoms with Crippen molar-refractivity contribution in [2.24, 2.45) is 0 Å². The number of rotatable bonds is 5. The lowest BCUT2D eigenvalue weighted by atomic mass is 9.84. The molecule has 128 valence electrons. The van der Waals surface area contributed by atoms with Crippen LogP contribution in [0.3, 0.4) is 0 Å². The summed E-state index contributed by atoms with van der Waals surface area (Å²) in [5, 5.41) is 3.91. The van der Waals surface area contributed by atoms with Crippen LogP contribution in [-0.2, 0) is 11.2 Å². The number of esters is 1. The van der Waals surface area contributed by atoms with Crippen LogP contribution in [0.5, 0.6) is 5.75 Å². The van der Waals surface area contributed by atoms with Crippen molar-refractivity contribution in [2.75, 3.05) is 0 Å². The van der Waals surface area contributed by atoms with Gasteiger partial charge in [0.1, 0.15) is 11.5 Å². The molecule has 1 saturated carbocycles. The van der Waals surface area contributed by atoms with Crippen LogP contribution in [0.25, 0.3) is 0 Å². The van der Waals surface area contributed by atoms with Gasteiger partial charge >= 0.3 is 5.97 Å². The number of hydrogen-bond acceptors (Lipinski definition) is 4. The summed E-state index contributed by atoms with van der Waals surface area (Å²) in [5.74, 6) is 1.85. The summed E-state index contributed by atoms with van der Waals surface area (Å²) in [6.07, 6.45) is 7.48. The van der Waals surface area contributed by atoms with Crippen molar-refractivity contribution in [2.45, 2.75) is 64.7 Å². The maximum Gasteiger partial charge on any atom is 0.311 e. The Kier molecular flexibility index (Phi) is 5.34. The SMILES string of the molecule is Cc1noc(C)c1CCC(=O)Oc1ccc(C2CCCCC2)cc1. The molecular weight excluding hydrogens is 302 g/mol. The minimum absolute atomic E-state index is 0.222. The highest BCUT2D eigenvalue weighted by Gasteiger charge is 2.16. The van der Waals surface area contributed by atoms with Gasteiger partial charge in [0, 0.05) is 5.56 Å². The number of benzene rings is 1. The smallest absolute Gasteiger partial charge is 0.311 e. The Morgan fingerprint density at radius 2 is 1.88 bits per heavy atom. The normalized spacial score (nSPS) is 15.4. The zero-order valence-corrected chi connectivity index (χ0v) is 14.5. The maximum absolute atomic E-state index is 12.0. The molecule has 1 aromatic heterocycles. The van der Waals surface area contributed by atoms with Gasteiger partial charge in [-0.25, -0.2) is 0 Å². The zero-order valence-electron chi connectivity index (χ0n) is 14.5. The molecule has 0 aliphatic heterocycles. The van der Waals surface area contributed by atoms with Crippen LogP contribution in [0.15, 0.2) is 28.8 Å². The van der Waals surface area contributed by atoms with E-state index in [-0.39, 0.29) is 5.97 Å². The van der Waals surface area contributed by atoms with E-state index in [2.05, 4.69) is 17.3 Å². The second-order valence-electron chi connectivity index (χ2n) is 6.68. The van der Waals surface area contributed by atoms with Crippen LogP contribution >= 0.6 is 0 Å². The summed E-state index contributed by atoms with van der Waals surface area (Å²) in [7, 11) is 0. The first kappa shape index (κ1) is 16.7. The summed E-state index contributed by atoms with van der Waals surface area (Å²) < 4.78 is 10.6. The van der Waals surface area contributed by atoms with E-state index in [9.17, 15) is 4.79 Å². The highest BCUT2D eigenvalue weighted by Crippen LogP contribution is 2.33. The minimum atomic E-state index is -0.222. The fraction of sp³-hybridized carbons (Fsp3) is 0.500. The van der Waals surface area contributed by atoms with Crippen molar-refractivity contribution < 1.29 is 14.1 Å². The van der Waals surface area contributed by atoms with Gasteiger partial charge in [-0.2, -0.15) is 0 Å². The molecule has 0 N–H and O–H groups in total. The summed E-state index contributed by atoms with van der Waals surface area (Å²) in [5.41, 5.74) is 3.21. The van der Waals surface area contributed by atoms with Crippen molar-refractivity contribution in [1.29, 1.82) is 0 Å². The molecule has 0 radical (unpaired) electrons. The van der Waals surface area contributed by atoms with Crippen molar-refractivity contribution in [3.05, 3.63) is 46.8 Å². The average Bonchev–Trinajstić information content (AvgIpc) is 2.93. The van der Waals surface area contributed by atoms with Gasteiger partial charge in [0.15, 0.2) is 0 Å². The number of hydrogen-bond donors (Lipinski definition) is 0. The first-order chi connectivity index (χ1) is 11.6. The van der Waals surface area contributed by atoms with Crippen molar-refractivity contribution in [1.82, 2.24) is 5.16 Å². The second kappa shape index (κ2) is 7.65. The molecule has 0 spiro atoms. The molecule has 1 fully saturated rings. The fourth-order valence-electron chi connectivity index (χ4n) is 3.51. The minimum Gasteiger partial charge on any atom is -0.427 e. The molecular formula is C20H25NO3. The monoisotopic (exact) mass is 327 g/mol. The van der Waals surface area contributed by atoms with Gasteiger partial charge in [0.2, 0.25) is 0 Å². The van der Waals surface area contributed by atoms with Crippen LogP contribution < -0.4 is 4.74 Å². The van der Waals surface area contributed by atoms with E-state index in [1.807, 2.05) is 26.0 Å².